The van der Waals surface area contributed by atoms with Gasteiger partial charge >= 0.3 is 7.75 Å². The largest absolute Gasteiger partial charge is 0.437 e. The smallest absolute Gasteiger partial charge is 0.387 e. The van der Waals surface area contributed by atoms with Crippen molar-refractivity contribution in [1.29, 1.82) is 0 Å². The van der Waals surface area contributed by atoms with E-state index in [0.29, 0.717) is 0 Å². The number of ether oxygens (including phenoxy) is 1. The Morgan fingerprint density at radius 1 is 1.32 bits per heavy atom. The number of hydrogen-bond donors (Lipinski definition) is 4. The number of rotatable bonds is 5. The topological polar surface area (TPSA) is 178 Å². The highest BCUT2D eigenvalue weighted by molar-refractivity contribution is 7.51. The van der Waals surface area contributed by atoms with Crippen LogP contribution in [0.2, 0.25) is 0 Å². The fourth-order valence-corrected chi connectivity index (χ4v) is 4.13. The molecule has 28 heavy (non-hydrogen) atoms. The molecule has 3 aromatic heterocycles. The number of nitrogens with one attached hydrogen (secondary N) is 1. The van der Waals surface area contributed by atoms with Crippen molar-refractivity contribution in [2.45, 2.75) is 31.5 Å². The summed E-state index contributed by atoms with van der Waals surface area (Å²) in [5, 5.41) is 20.6. The van der Waals surface area contributed by atoms with Crippen LogP contribution in [0.15, 0.2) is 29.8 Å². The van der Waals surface area contributed by atoms with Crippen molar-refractivity contribution in [3.05, 3.63) is 41.2 Å². The number of nitrogens with zero attached hydrogens (tertiary/aromatic N) is 5. The predicted molar refractivity (Wildman–Crippen MR) is 92.2 cm³/mol. The van der Waals surface area contributed by atoms with Crippen LogP contribution in [-0.4, -0.2) is 68.9 Å². The van der Waals surface area contributed by atoms with E-state index in [-0.39, 0.29) is 17.0 Å². The lowest BCUT2D eigenvalue weighted by Crippen LogP contribution is -2.33. The monoisotopic (exact) mass is 412 g/mol. The highest BCUT2D eigenvalue weighted by Crippen LogP contribution is 2.45. The van der Waals surface area contributed by atoms with E-state index >= 15 is 0 Å². The van der Waals surface area contributed by atoms with Crippen LogP contribution >= 0.6 is 7.75 Å². The molecule has 1 fully saturated rings. The lowest BCUT2D eigenvalue weighted by atomic mass is 10.1. The van der Waals surface area contributed by atoms with E-state index in [2.05, 4.69) is 19.9 Å². The number of fused-ring (bicyclic) bond motifs is 1. The van der Waals surface area contributed by atoms with E-state index in [4.69, 9.17) is 9.26 Å². The molecule has 0 bridgehead atoms. The summed E-state index contributed by atoms with van der Waals surface area (Å²) in [6.07, 6.45) is 0.0362. The number of aromatic nitrogens is 6. The molecular formula is C14H17N6O7P. The van der Waals surface area contributed by atoms with Crippen LogP contribution in [-0.2, 0) is 13.8 Å². The summed E-state index contributed by atoms with van der Waals surface area (Å²) in [4.78, 5) is 36.0. The van der Waals surface area contributed by atoms with E-state index in [1.807, 2.05) is 0 Å². The van der Waals surface area contributed by atoms with Crippen LogP contribution in [0.1, 0.15) is 12.1 Å². The molecule has 4 rings (SSSR count). The fraction of sp³-hybridized carbons (Fsp3) is 0.429. The van der Waals surface area contributed by atoms with Gasteiger partial charge in [0.1, 0.15) is 24.1 Å². The lowest BCUT2D eigenvalue weighted by molar-refractivity contribution is -0.0487. The van der Waals surface area contributed by atoms with Gasteiger partial charge in [0.15, 0.2) is 17.4 Å². The Labute approximate surface area is 156 Å². The van der Waals surface area contributed by atoms with E-state index in [1.165, 1.54) is 36.5 Å². The maximum absolute atomic E-state index is 12.4. The van der Waals surface area contributed by atoms with Crippen molar-refractivity contribution in [1.82, 2.24) is 28.8 Å². The quantitative estimate of drug-likeness (QED) is 0.376. The highest BCUT2D eigenvalue weighted by Gasteiger charge is 2.45. The number of hydrogen-bond acceptors (Lipinski definition) is 9. The fourth-order valence-electron chi connectivity index (χ4n) is 3.02. The van der Waals surface area contributed by atoms with Crippen molar-refractivity contribution in [3.8, 4) is 0 Å². The third-order valence-electron chi connectivity index (χ3n) is 4.46. The van der Waals surface area contributed by atoms with Crippen LogP contribution in [0.3, 0.4) is 0 Å². The molecule has 0 aromatic carbocycles. The van der Waals surface area contributed by atoms with Crippen molar-refractivity contribution >= 4 is 18.9 Å². The van der Waals surface area contributed by atoms with Gasteiger partial charge in [0.05, 0.1) is 19.3 Å². The molecule has 0 aliphatic carbocycles. The molecule has 4 N–H and O–H groups in total. The molecule has 13 nitrogen and oxygen atoms in total. The summed E-state index contributed by atoms with van der Waals surface area (Å²) in [7, 11) is -4.25. The summed E-state index contributed by atoms with van der Waals surface area (Å²) >= 11 is 0. The van der Waals surface area contributed by atoms with Crippen molar-refractivity contribution in [3.63, 3.8) is 0 Å². The average molecular weight is 412 g/mol. The molecule has 1 unspecified atom stereocenters. The first-order valence-corrected chi connectivity index (χ1v) is 9.72. The van der Waals surface area contributed by atoms with Gasteiger partial charge in [-0.2, -0.15) is 0 Å². The first kappa shape index (κ1) is 18.9. The summed E-state index contributed by atoms with van der Waals surface area (Å²) in [5.74, 6) is 0.276. The standard InChI is InChI=1S/C14H17N6O7P/c1-7-15-2-3-20(7)28(24,25)26-4-8-10(21)11(22)14(27-8)19-6-18-9-12(19)16-5-17-13(9)23/h2-3,5-6,8,10-11,14,21-22H,4H2,1H3,(H,24,25)(H,16,17,23)/t8-,10-,11-,14-/m1/s1. The zero-order valence-corrected chi connectivity index (χ0v) is 15.4. The summed E-state index contributed by atoms with van der Waals surface area (Å²) in [5.41, 5.74) is -0.264. The molecule has 3 aromatic rings. The number of H-pyrrole nitrogens is 1. The first-order valence-electron chi connectivity index (χ1n) is 8.19. The minimum absolute atomic E-state index is 0.0444. The number of aromatic amines is 1. The van der Waals surface area contributed by atoms with Crippen molar-refractivity contribution in [2.24, 2.45) is 0 Å². The van der Waals surface area contributed by atoms with Gasteiger partial charge in [0.2, 0.25) is 0 Å². The maximum atomic E-state index is 12.4. The Morgan fingerprint density at radius 2 is 2.11 bits per heavy atom. The third-order valence-corrected chi connectivity index (χ3v) is 5.91. The summed E-state index contributed by atoms with van der Waals surface area (Å²) in [6, 6.07) is 0. The van der Waals surface area contributed by atoms with Crippen LogP contribution in [0.25, 0.3) is 11.2 Å². The molecule has 14 heteroatoms. The molecule has 0 radical (unpaired) electrons. The summed E-state index contributed by atoms with van der Waals surface area (Å²) < 4.78 is 25.3. The number of imidazole rings is 2. The van der Waals surface area contributed by atoms with Gasteiger partial charge in [-0.15, -0.1) is 0 Å². The van der Waals surface area contributed by atoms with Gasteiger partial charge in [-0.05, 0) is 6.92 Å². The number of aliphatic hydroxyl groups excluding tert-OH is 2. The van der Waals surface area contributed by atoms with Gasteiger partial charge in [0.25, 0.3) is 5.56 Å². The Hall–Kier alpha value is -2.41. The molecule has 1 aliphatic heterocycles. The van der Waals surface area contributed by atoms with E-state index < -0.39 is 44.5 Å². The molecular weight excluding hydrogens is 395 g/mol. The molecule has 1 aliphatic rings. The van der Waals surface area contributed by atoms with Crippen LogP contribution in [0, 0.1) is 6.92 Å². The van der Waals surface area contributed by atoms with E-state index in [9.17, 15) is 24.5 Å². The SMILES string of the molecule is Cc1nccn1P(=O)(O)OC[C@H]1O[C@@H](n2cnc3c(=O)[nH]cnc32)[C@H](O)[C@@H]1O. The minimum Gasteiger partial charge on any atom is -0.387 e. The molecule has 4 heterocycles. The van der Waals surface area contributed by atoms with Crippen LogP contribution in [0.5, 0.6) is 0 Å². The molecule has 0 spiro atoms. The average Bonchev–Trinajstić information content (AvgIpc) is 3.34. The summed E-state index contributed by atoms with van der Waals surface area (Å²) in [6.45, 7) is 1.06. The second-order valence-corrected chi connectivity index (χ2v) is 7.88. The van der Waals surface area contributed by atoms with Crippen molar-refractivity contribution in [2.75, 3.05) is 6.61 Å². The number of aryl methyl sites for hydroxylation is 1. The number of aliphatic hydroxyl groups is 2. The lowest BCUT2D eigenvalue weighted by Gasteiger charge is -2.18. The molecule has 0 saturated carbocycles. The van der Waals surface area contributed by atoms with E-state index in [0.717, 1.165) is 4.34 Å². The first-order chi connectivity index (χ1) is 13.3. The zero-order chi connectivity index (χ0) is 20.1. The van der Waals surface area contributed by atoms with Gasteiger partial charge in [-0.25, -0.2) is 23.9 Å². The third kappa shape index (κ3) is 3.07. The van der Waals surface area contributed by atoms with Gasteiger partial charge in [0, 0.05) is 12.4 Å². The van der Waals surface area contributed by atoms with Crippen LogP contribution in [0.4, 0.5) is 0 Å². The second-order valence-electron chi connectivity index (χ2n) is 6.21. The zero-order valence-electron chi connectivity index (χ0n) is 14.5. The van der Waals surface area contributed by atoms with Crippen LogP contribution < -0.4 is 5.56 Å². The molecule has 0 amide bonds. The maximum Gasteiger partial charge on any atom is 0.437 e. The molecule has 5 atom stereocenters. The Balaban J connectivity index is 1.53. The molecule has 1 saturated heterocycles. The second kappa shape index (κ2) is 6.88. The van der Waals surface area contributed by atoms with Gasteiger partial charge < -0.3 is 24.8 Å². The molecule has 150 valence electrons. The predicted octanol–water partition coefficient (Wildman–Crippen LogP) is -1.09. The van der Waals surface area contributed by atoms with E-state index in [1.54, 1.807) is 0 Å². The van der Waals surface area contributed by atoms with Gasteiger partial charge in [-0.1, -0.05) is 0 Å². The Kier molecular flexibility index (Phi) is 4.65. The van der Waals surface area contributed by atoms with Gasteiger partial charge in [-0.3, -0.25) is 13.9 Å². The highest BCUT2D eigenvalue weighted by atomic mass is 31.2. The normalized spacial score (nSPS) is 27.3. The van der Waals surface area contributed by atoms with Crippen molar-refractivity contribution < 1.29 is 28.9 Å². The Bertz CT molecular complexity index is 1110. The Morgan fingerprint density at radius 3 is 2.82 bits per heavy atom. The minimum atomic E-state index is -4.25.